The molecule has 2 aliphatic heterocycles. The molecule has 2 heterocycles. The van der Waals surface area contributed by atoms with Gasteiger partial charge in [0.2, 0.25) is 0 Å². The van der Waals surface area contributed by atoms with Crippen LogP contribution in [0.5, 0.6) is 0 Å². The largest absolute Gasteiger partial charge is 0.324 e. The fourth-order valence-electron chi connectivity index (χ4n) is 3.77. The summed E-state index contributed by atoms with van der Waals surface area (Å²) in [6.07, 6.45) is 4.47. The number of nitrogens with zero attached hydrogens (tertiary/aromatic N) is 1. The summed E-state index contributed by atoms with van der Waals surface area (Å²) < 4.78 is 26.8. The summed E-state index contributed by atoms with van der Waals surface area (Å²) in [4.78, 5) is 2.43. The molecule has 0 aliphatic carbocycles. The van der Waals surface area contributed by atoms with Crippen molar-refractivity contribution in [2.24, 2.45) is 11.7 Å². The molecule has 2 saturated heterocycles. The van der Waals surface area contributed by atoms with Crippen LogP contribution >= 0.6 is 0 Å². The first-order valence-electron chi connectivity index (χ1n) is 6.98. The van der Waals surface area contributed by atoms with Crippen molar-refractivity contribution in [2.45, 2.75) is 43.8 Å². The summed E-state index contributed by atoms with van der Waals surface area (Å²) in [6, 6.07) is 4.56. The first kappa shape index (κ1) is 13.0. The van der Waals surface area contributed by atoms with E-state index in [4.69, 9.17) is 5.73 Å². The first-order valence-corrected chi connectivity index (χ1v) is 6.98. The normalized spacial score (nSPS) is 32.5. The van der Waals surface area contributed by atoms with Gasteiger partial charge in [-0.15, -0.1) is 0 Å². The van der Waals surface area contributed by atoms with Gasteiger partial charge in [0.1, 0.15) is 11.6 Å². The SMILES string of the molecule is CN1C2CCC1CC(C(N)c1ccc(F)cc1F)C2. The van der Waals surface area contributed by atoms with E-state index in [1.54, 1.807) is 0 Å². The van der Waals surface area contributed by atoms with Crippen LogP contribution in [0, 0.1) is 17.6 Å². The first-order chi connectivity index (χ1) is 9.06. The molecule has 2 aliphatic rings. The molecule has 0 radical (unpaired) electrons. The van der Waals surface area contributed by atoms with Crippen molar-refractivity contribution >= 4 is 0 Å². The second-order valence-corrected chi connectivity index (χ2v) is 5.97. The summed E-state index contributed by atoms with van der Waals surface area (Å²) in [5.41, 5.74) is 6.69. The van der Waals surface area contributed by atoms with Gasteiger partial charge in [0.25, 0.3) is 0 Å². The molecule has 4 heteroatoms. The minimum atomic E-state index is -0.545. The van der Waals surface area contributed by atoms with Gasteiger partial charge in [-0.25, -0.2) is 8.78 Å². The van der Waals surface area contributed by atoms with E-state index in [0.717, 1.165) is 18.9 Å². The zero-order valence-electron chi connectivity index (χ0n) is 11.2. The molecule has 0 spiro atoms. The van der Waals surface area contributed by atoms with Crippen LogP contribution in [0.2, 0.25) is 0 Å². The predicted molar refractivity (Wildman–Crippen MR) is 70.6 cm³/mol. The number of piperidine rings is 1. The minimum absolute atomic E-state index is 0.300. The molecule has 19 heavy (non-hydrogen) atoms. The highest BCUT2D eigenvalue weighted by Crippen LogP contribution is 2.42. The van der Waals surface area contributed by atoms with E-state index in [9.17, 15) is 8.78 Å². The van der Waals surface area contributed by atoms with Crippen LogP contribution in [-0.2, 0) is 0 Å². The molecule has 0 saturated carbocycles. The van der Waals surface area contributed by atoms with Crippen molar-refractivity contribution in [3.8, 4) is 0 Å². The third-order valence-electron chi connectivity index (χ3n) is 4.96. The number of hydrogen-bond donors (Lipinski definition) is 1. The lowest BCUT2D eigenvalue weighted by Crippen LogP contribution is -2.42. The number of nitrogens with two attached hydrogens (primary N) is 1. The molecular formula is C15H20F2N2. The lowest BCUT2D eigenvalue weighted by Gasteiger charge is -2.38. The second kappa shape index (κ2) is 4.84. The van der Waals surface area contributed by atoms with Gasteiger partial charge < -0.3 is 10.6 Å². The van der Waals surface area contributed by atoms with Gasteiger partial charge in [0.05, 0.1) is 0 Å². The maximum Gasteiger partial charge on any atom is 0.130 e. The average Bonchev–Trinajstić information content (AvgIpc) is 2.61. The summed E-state index contributed by atoms with van der Waals surface area (Å²) in [5, 5.41) is 0. The quantitative estimate of drug-likeness (QED) is 0.892. The third-order valence-corrected chi connectivity index (χ3v) is 4.96. The standard InChI is InChI=1S/C15H20F2N2/c1-19-11-3-4-12(19)7-9(6-11)15(18)13-5-2-10(16)8-14(13)17/h2,5,8-9,11-12,15H,3-4,6-7,18H2,1H3. The van der Waals surface area contributed by atoms with E-state index >= 15 is 0 Å². The Hall–Kier alpha value is -1.00. The molecule has 1 aromatic carbocycles. The summed E-state index contributed by atoms with van der Waals surface area (Å²) >= 11 is 0. The van der Waals surface area contributed by atoms with Crippen LogP contribution in [0.25, 0.3) is 0 Å². The van der Waals surface area contributed by atoms with Crippen molar-refractivity contribution in [1.82, 2.24) is 4.90 Å². The highest BCUT2D eigenvalue weighted by molar-refractivity contribution is 5.23. The number of hydrogen-bond acceptors (Lipinski definition) is 2. The van der Waals surface area contributed by atoms with Gasteiger partial charge in [-0.2, -0.15) is 0 Å². The Morgan fingerprint density at radius 3 is 2.42 bits per heavy atom. The van der Waals surface area contributed by atoms with E-state index < -0.39 is 11.6 Å². The zero-order valence-corrected chi connectivity index (χ0v) is 11.2. The molecule has 2 nitrogen and oxygen atoms in total. The monoisotopic (exact) mass is 266 g/mol. The Labute approximate surface area is 112 Å². The highest BCUT2D eigenvalue weighted by atomic mass is 19.1. The second-order valence-electron chi connectivity index (χ2n) is 5.97. The predicted octanol–water partition coefficient (Wildman–Crippen LogP) is 2.84. The van der Waals surface area contributed by atoms with E-state index in [-0.39, 0.29) is 6.04 Å². The maximum absolute atomic E-state index is 13.8. The van der Waals surface area contributed by atoms with Gasteiger partial charge in [-0.3, -0.25) is 0 Å². The van der Waals surface area contributed by atoms with Crippen molar-refractivity contribution in [1.29, 1.82) is 0 Å². The van der Waals surface area contributed by atoms with E-state index in [1.165, 1.54) is 25.0 Å². The lowest BCUT2D eigenvalue weighted by atomic mass is 9.82. The van der Waals surface area contributed by atoms with Gasteiger partial charge in [-0.05, 0) is 44.7 Å². The van der Waals surface area contributed by atoms with Gasteiger partial charge in [-0.1, -0.05) is 6.07 Å². The van der Waals surface area contributed by atoms with E-state index in [2.05, 4.69) is 11.9 Å². The molecule has 2 bridgehead atoms. The summed E-state index contributed by atoms with van der Waals surface area (Å²) in [7, 11) is 2.17. The molecule has 0 amide bonds. The summed E-state index contributed by atoms with van der Waals surface area (Å²) in [6.45, 7) is 0. The molecule has 3 atom stereocenters. The van der Waals surface area contributed by atoms with Crippen molar-refractivity contribution in [3.63, 3.8) is 0 Å². The number of rotatable bonds is 2. The Kier molecular flexibility index (Phi) is 3.31. The fraction of sp³-hybridized carbons (Fsp3) is 0.600. The van der Waals surface area contributed by atoms with Crippen LogP contribution in [0.15, 0.2) is 18.2 Å². The number of fused-ring (bicyclic) bond motifs is 2. The van der Waals surface area contributed by atoms with E-state index in [0.29, 0.717) is 23.6 Å². The summed E-state index contributed by atoms with van der Waals surface area (Å²) in [5.74, 6) is -0.760. The minimum Gasteiger partial charge on any atom is -0.324 e. The lowest BCUT2D eigenvalue weighted by molar-refractivity contribution is 0.120. The van der Waals surface area contributed by atoms with Crippen LogP contribution in [0.1, 0.15) is 37.3 Å². The molecule has 3 rings (SSSR count). The van der Waals surface area contributed by atoms with Gasteiger partial charge in [0, 0.05) is 29.8 Å². The van der Waals surface area contributed by atoms with Crippen molar-refractivity contribution < 1.29 is 8.78 Å². The van der Waals surface area contributed by atoms with Crippen LogP contribution in [0.4, 0.5) is 8.78 Å². The molecule has 104 valence electrons. The van der Waals surface area contributed by atoms with Crippen LogP contribution < -0.4 is 5.73 Å². The Morgan fingerprint density at radius 1 is 1.21 bits per heavy atom. The van der Waals surface area contributed by atoms with Crippen LogP contribution in [0.3, 0.4) is 0 Å². The smallest absolute Gasteiger partial charge is 0.130 e. The number of halogens is 2. The Balaban J connectivity index is 1.79. The van der Waals surface area contributed by atoms with Crippen molar-refractivity contribution in [2.75, 3.05) is 7.05 Å². The van der Waals surface area contributed by atoms with Gasteiger partial charge in [0.15, 0.2) is 0 Å². The Bertz CT molecular complexity index is 463. The zero-order chi connectivity index (χ0) is 13.6. The third kappa shape index (κ3) is 2.28. The van der Waals surface area contributed by atoms with Gasteiger partial charge >= 0.3 is 0 Å². The molecule has 0 aromatic heterocycles. The van der Waals surface area contributed by atoms with Crippen LogP contribution in [-0.4, -0.2) is 24.0 Å². The average molecular weight is 266 g/mol. The molecule has 2 fully saturated rings. The molecule has 3 unspecified atom stereocenters. The molecule has 2 N–H and O–H groups in total. The molecule has 1 aromatic rings. The Morgan fingerprint density at radius 2 is 1.84 bits per heavy atom. The fourth-order valence-corrected chi connectivity index (χ4v) is 3.77. The molecular weight excluding hydrogens is 246 g/mol. The van der Waals surface area contributed by atoms with Crippen molar-refractivity contribution in [3.05, 3.63) is 35.4 Å². The number of benzene rings is 1. The van der Waals surface area contributed by atoms with E-state index in [1.807, 2.05) is 0 Å². The maximum atomic E-state index is 13.8. The topological polar surface area (TPSA) is 29.3 Å². The highest BCUT2D eigenvalue weighted by Gasteiger charge is 2.40.